The van der Waals surface area contributed by atoms with E-state index < -0.39 is 29.3 Å². The van der Waals surface area contributed by atoms with E-state index in [9.17, 15) is 28.1 Å². The second-order valence-corrected chi connectivity index (χ2v) is 10.4. The summed E-state index contributed by atoms with van der Waals surface area (Å²) in [6, 6.07) is 14.1. The van der Waals surface area contributed by atoms with E-state index in [0.29, 0.717) is 32.4 Å². The number of phenolic OH excluding ortho intramolecular Hbond substituents is 1. The van der Waals surface area contributed by atoms with Gasteiger partial charge in [-0.2, -0.15) is 8.42 Å². The van der Waals surface area contributed by atoms with Gasteiger partial charge in [-0.1, -0.05) is 43.2 Å². The molecule has 3 rings (SSSR count). The summed E-state index contributed by atoms with van der Waals surface area (Å²) in [5.41, 5.74) is 6.48. The van der Waals surface area contributed by atoms with E-state index in [-0.39, 0.29) is 22.5 Å². The summed E-state index contributed by atoms with van der Waals surface area (Å²) < 4.78 is 34.3. The number of hydrogen-bond donors (Lipinski definition) is 6. The van der Waals surface area contributed by atoms with Crippen LogP contribution in [0.3, 0.4) is 0 Å². The van der Waals surface area contributed by atoms with E-state index in [4.69, 9.17) is 14.9 Å². The van der Waals surface area contributed by atoms with Crippen LogP contribution in [0.15, 0.2) is 59.5 Å². The molecule has 2 aromatic carbocycles. The van der Waals surface area contributed by atoms with Crippen molar-refractivity contribution in [3.63, 3.8) is 0 Å². The Morgan fingerprint density at radius 2 is 1.71 bits per heavy atom. The van der Waals surface area contributed by atoms with Crippen molar-refractivity contribution >= 4 is 29.2 Å². The zero-order chi connectivity index (χ0) is 28.0. The van der Waals surface area contributed by atoms with Gasteiger partial charge in [-0.25, -0.2) is 4.79 Å². The van der Waals surface area contributed by atoms with E-state index in [1.54, 1.807) is 42.5 Å². The molecular weight excluding hydrogens is 513 g/mol. The molecule has 1 atom stereocenters. The van der Waals surface area contributed by atoms with Crippen molar-refractivity contribution in [2.24, 2.45) is 11.7 Å². The molecule has 13 heteroatoms. The summed E-state index contributed by atoms with van der Waals surface area (Å²) in [6.07, 6.45) is 4.60. The summed E-state index contributed by atoms with van der Waals surface area (Å²) >= 11 is 0. The Morgan fingerprint density at radius 1 is 1.08 bits per heavy atom. The number of hydrogen-bond acceptors (Lipinski definition) is 8. The van der Waals surface area contributed by atoms with Crippen molar-refractivity contribution in [2.45, 2.75) is 55.8 Å². The molecule has 2 aromatic rings. The van der Waals surface area contributed by atoms with E-state index in [2.05, 4.69) is 10.6 Å². The summed E-state index contributed by atoms with van der Waals surface area (Å²) in [5.74, 6) is -0.636. The third-order valence-corrected chi connectivity index (χ3v) is 6.87. The first-order valence-corrected chi connectivity index (χ1v) is 14.0. The van der Waals surface area contributed by atoms with Crippen LogP contribution in [-0.2, 0) is 26.0 Å². The normalized spacial score (nSPS) is 14.1. The Labute approximate surface area is 223 Å². The van der Waals surface area contributed by atoms with Gasteiger partial charge in [0.1, 0.15) is 5.75 Å². The maximum Gasteiger partial charge on any atom is 0.549 e. The number of phenols is 1. The molecule has 11 nitrogen and oxygen atoms in total. The lowest BCUT2D eigenvalue weighted by atomic mass is 9.75. The molecule has 38 heavy (non-hydrogen) atoms. The number of amides is 2. The van der Waals surface area contributed by atoms with Crippen LogP contribution in [0.5, 0.6) is 5.75 Å². The van der Waals surface area contributed by atoms with Gasteiger partial charge in [0, 0.05) is 12.5 Å². The average Bonchev–Trinajstić information content (AvgIpc) is 3.43. The molecule has 0 spiro atoms. The molecule has 2 amide bonds. The van der Waals surface area contributed by atoms with Gasteiger partial charge < -0.3 is 31.2 Å². The van der Waals surface area contributed by atoms with Crippen LogP contribution in [0.25, 0.3) is 0 Å². The smallest absolute Gasteiger partial charge is 0.508 e. The number of benzene rings is 2. The Bertz CT molecular complexity index is 1100. The van der Waals surface area contributed by atoms with E-state index >= 15 is 0 Å². The standard InChI is InChI=1S/C19H30BN3O5.C6H6O3S/c21-12-3-6-17(23-18(25)15-4-1-2-5-15)20(27)28-19(26)22-13-11-14-7-9-16(24)10-8-14;7-10(8,9)6-4-2-1-3-5-6/h7-10,15,17,24,27H,1-6,11-13,21H2,(H,22,26)(H,23,25);1-5H,(H,7,8,9). The summed E-state index contributed by atoms with van der Waals surface area (Å²) in [4.78, 5) is 24.2. The van der Waals surface area contributed by atoms with Crippen LogP contribution in [0.4, 0.5) is 4.79 Å². The van der Waals surface area contributed by atoms with Gasteiger partial charge in [-0.15, -0.1) is 0 Å². The quantitative estimate of drug-likeness (QED) is 0.180. The van der Waals surface area contributed by atoms with Crippen molar-refractivity contribution < 1.29 is 37.3 Å². The second kappa shape index (κ2) is 16.0. The topological polar surface area (TPSA) is 188 Å². The minimum absolute atomic E-state index is 0.0355. The number of carbonyl (C=O) groups excluding carboxylic acids is 2. The van der Waals surface area contributed by atoms with Crippen LogP contribution in [0.2, 0.25) is 0 Å². The van der Waals surface area contributed by atoms with Crippen molar-refractivity contribution in [2.75, 3.05) is 13.1 Å². The van der Waals surface area contributed by atoms with Gasteiger partial charge in [0.25, 0.3) is 10.1 Å². The molecule has 1 aliphatic rings. The first-order chi connectivity index (χ1) is 18.1. The largest absolute Gasteiger partial charge is 0.549 e. The highest BCUT2D eigenvalue weighted by Gasteiger charge is 2.34. The third kappa shape index (κ3) is 11.5. The van der Waals surface area contributed by atoms with Gasteiger partial charge in [0.15, 0.2) is 0 Å². The minimum Gasteiger partial charge on any atom is -0.508 e. The van der Waals surface area contributed by atoms with Crippen LogP contribution in [0.1, 0.15) is 44.1 Å². The van der Waals surface area contributed by atoms with Gasteiger partial charge in [0.05, 0.1) is 10.8 Å². The maximum absolute atomic E-state index is 12.3. The molecule has 1 saturated carbocycles. The van der Waals surface area contributed by atoms with Crippen LogP contribution in [-0.4, -0.2) is 61.3 Å². The van der Waals surface area contributed by atoms with Crippen molar-refractivity contribution in [3.8, 4) is 5.75 Å². The van der Waals surface area contributed by atoms with Gasteiger partial charge >= 0.3 is 13.2 Å². The summed E-state index contributed by atoms with van der Waals surface area (Å²) in [5, 5.41) is 24.9. The van der Waals surface area contributed by atoms with Gasteiger partial charge in [-0.05, 0) is 68.5 Å². The number of nitrogens with one attached hydrogen (secondary N) is 2. The number of nitrogens with two attached hydrogens (primary N) is 1. The highest BCUT2D eigenvalue weighted by atomic mass is 32.2. The Balaban J connectivity index is 0.000000423. The van der Waals surface area contributed by atoms with Crippen LogP contribution in [0, 0.1) is 5.92 Å². The molecule has 1 aliphatic carbocycles. The predicted molar refractivity (Wildman–Crippen MR) is 143 cm³/mol. The fraction of sp³-hybridized carbons (Fsp3) is 0.440. The maximum atomic E-state index is 12.3. The minimum atomic E-state index is -4.00. The van der Waals surface area contributed by atoms with E-state index in [1.807, 2.05) is 0 Å². The van der Waals surface area contributed by atoms with Crippen LogP contribution < -0.4 is 16.4 Å². The fourth-order valence-corrected chi connectivity index (χ4v) is 4.41. The first kappa shape index (κ1) is 31.1. The molecule has 7 N–H and O–H groups in total. The van der Waals surface area contributed by atoms with Crippen LogP contribution >= 0.6 is 0 Å². The lowest BCUT2D eigenvalue weighted by Crippen LogP contribution is -2.51. The molecule has 0 heterocycles. The second-order valence-electron chi connectivity index (χ2n) is 8.95. The SMILES string of the molecule is NCCCC(NC(=O)C1CCCC1)B(O)OC(=O)NCCc1ccc(O)cc1.O=S(=O)(O)c1ccccc1. The Morgan fingerprint density at radius 3 is 2.26 bits per heavy atom. The molecule has 1 fully saturated rings. The average molecular weight is 549 g/mol. The van der Waals surface area contributed by atoms with Gasteiger partial charge in [0.2, 0.25) is 5.91 Å². The highest BCUT2D eigenvalue weighted by molar-refractivity contribution is 7.85. The zero-order valence-electron chi connectivity index (χ0n) is 21.2. The molecule has 0 aliphatic heterocycles. The number of aromatic hydroxyl groups is 1. The lowest BCUT2D eigenvalue weighted by molar-refractivity contribution is -0.125. The molecule has 208 valence electrons. The van der Waals surface area contributed by atoms with Crippen molar-refractivity contribution in [3.05, 3.63) is 60.2 Å². The highest BCUT2D eigenvalue weighted by Crippen LogP contribution is 2.25. The first-order valence-electron chi connectivity index (χ1n) is 12.5. The Hall–Kier alpha value is -3.13. The number of carbonyl (C=O) groups is 2. The van der Waals surface area contributed by atoms with E-state index in [0.717, 1.165) is 31.2 Å². The van der Waals surface area contributed by atoms with Crippen molar-refractivity contribution in [1.29, 1.82) is 0 Å². The molecule has 0 aromatic heterocycles. The lowest BCUT2D eigenvalue weighted by Gasteiger charge is -2.22. The zero-order valence-corrected chi connectivity index (χ0v) is 22.0. The van der Waals surface area contributed by atoms with E-state index in [1.165, 1.54) is 12.1 Å². The third-order valence-electron chi connectivity index (χ3n) is 6.01. The molecule has 0 bridgehead atoms. The summed E-state index contributed by atoms with van der Waals surface area (Å²) in [7, 11) is -5.44. The molecular formula is C25H36BN3O8S. The Kier molecular flexibility index (Phi) is 13.1. The van der Waals surface area contributed by atoms with Gasteiger partial charge in [-0.3, -0.25) is 9.35 Å². The predicted octanol–water partition coefficient (Wildman–Crippen LogP) is 2.03. The number of rotatable bonds is 11. The summed E-state index contributed by atoms with van der Waals surface area (Å²) in [6.45, 7) is 0.736. The molecule has 1 unspecified atom stereocenters. The molecule has 0 radical (unpaired) electrons. The molecule has 0 saturated heterocycles. The monoisotopic (exact) mass is 549 g/mol. The fourth-order valence-electron chi connectivity index (χ4n) is 3.91. The van der Waals surface area contributed by atoms with Crippen molar-refractivity contribution in [1.82, 2.24) is 10.6 Å².